The van der Waals surface area contributed by atoms with E-state index in [0.29, 0.717) is 28.2 Å². The summed E-state index contributed by atoms with van der Waals surface area (Å²) in [5.41, 5.74) is 2.09. The number of hydrogen-bond donors (Lipinski definition) is 1. The maximum absolute atomic E-state index is 16.9. The molecule has 50 heavy (non-hydrogen) atoms. The number of benzene rings is 2. The predicted molar refractivity (Wildman–Crippen MR) is 187 cm³/mol. The van der Waals surface area contributed by atoms with Gasteiger partial charge >= 0.3 is 17.3 Å². The Balaban J connectivity index is 1.66. The van der Waals surface area contributed by atoms with Gasteiger partial charge in [-0.3, -0.25) is 19.1 Å². The number of nitrogens with zero attached hydrogens (tertiary/aromatic N) is 5. The highest BCUT2D eigenvalue weighted by atomic mass is 35.5. The van der Waals surface area contributed by atoms with Crippen LogP contribution in [0, 0.1) is 12.7 Å². The summed E-state index contributed by atoms with van der Waals surface area (Å²) >= 11 is 7.35. The number of esters is 1. The van der Waals surface area contributed by atoms with Crippen LogP contribution < -0.4 is 21.0 Å². The monoisotopic (exact) mass is 700 g/mol. The number of pyridine rings is 1. The number of amides is 1. The van der Waals surface area contributed by atoms with Gasteiger partial charge < -0.3 is 19.0 Å². The number of fused-ring (bicyclic) bond motifs is 6. The van der Waals surface area contributed by atoms with Gasteiger partial charge in [-0.15, -0.1) is 0 Å². The summed E-state index contributed by atoms with van der Waals surface area (Å²) in [7, 11) is 0. The van der Waals surface area contributed by atoms with Crippen molar-refractivity contribution in [3.8, 4) is 22.6 Å². The SMILES string of the molecule is C=CC(=O)N1CC2C(=O)Oc3c(c4cc(F)c(-c5c(C)ccc6[nH]c(=O)oc56)c(Cl)c4n(-c4c(C(C)C)ncnc4C(C)C)c3=O)N2CC1C. The molecule has 1 saturated heterocycles. The van der Waals surface area contributed by atoms with Crippen molar-refractivity contribution in [2.45, 2.75) is 65.5 Å². The molecule has 2 aliphatic heterocycles. The molecule has 0 bridgehead atoms. The largest absolute Gasteiger partial charge is 0.417 e. The molecule has 2 aromatic carbocycles. The summed E-state index contributed by atoms with van der Waals surface area (Å²) in [5, 5.41) is 0.0437. The van der Waals surface area contributed by atoms with Crippen LogP contribution in [0.1, 0.15) is 63.4 Å². The molecule has 5 aromatic rings. The first-order chi connectivity index (χ1) is 23.7. The molecule has 14 heteroatoms. The van der Waals surface area contributed by atoms with E-state index in [-0.39, 0.29) is 74.9 Å². The molecular formula is C36H34ClFN6O6. The maximum atomic E-state index is 16.9. The van der Waals surface area contributed by atoms with Gasteiger partial charge in [-0.25, -0.2) is 23.9 Å². The summed E-state index contributed by atoms with van der Waals surface area (Å²) in [6, 6.07) is 3.20. The minimum atomic E-state index is -0.995. The standard InChI is InChI=1S/C36H34ClFN6O6/c1-8-23(45)42-13-22-35(47)49-33-30(43(22)12-18(42)7)19-11-20(38)25(24-17(6)9-10-21-32(24)50-36(48)41-21)26(37)29(19)44(34(33)46)31-27(15(2)3)39-14-40-28(31)16(4)5/h8-11,14-16,18,22H,1,12-13H2,2-7H3,(H,41,48). The molecule has 12 nitrogen and oxygen atoms in total. The van der Waals surface area contributed by atoms with E-state index in [9.17, 15) is 19.2 Å². The van der Waals surface area contributed by atoms with Crippen LogP contribution in [0.4, 0.5) is 10.1 Å². The number of aromatic nitrogens is 4. The molecule has 1 fully saturated rings. The van der Waals surface area contributed by atoms with Gasteiger partial charge in [0.2, 0.25) is 11.7 Å². The van der Waals surface area contributed by atoms with Gasteiger partial charge in [-0.1, -0.05) is 51.9 Å². The number of nitrogens with one attached hydrogen (secondary N) is 1. The molecule has 0 aliphatic carbocycles. The fourth-order valence-corrected chi connectivity index (χ4v) is 7.55. The second kappa shape index (κ2) is 11.9. The lowest BCUT2D eigenvalue weighted by atomic mass is 9.94. The van der Waals surface area contributed by atoms with Gasteiger partial charge in [-0.2, -0.15) is 0 Å². The maximum Gasteiger partial charge on any atom is 0.417 e. The van der Waals surface area contributed by atoms with E-state index in [0.717, 1.165) is 0 Å². The van der Waals surface area contributed by atoms with E-state index in [1.807, 2.05) is 34.6 Å². The van der Waals surface area contributed by atoms with Crippen molar-refractivity contribution >= 4 is 51.2 Å². The minimum absolute atomic E-state index is 0.0432. The van der Waals surface area contributed by atoms with Crippen molar-refractivity contribution in [1.82, 2.24) is 24.4 Å². The molecule has 5 heterocycles. The number of rotatable bonds is 5. The van der Waals surface area contributed by atoms with Crippen LogP contribution in [-0.2, 0) is 9.59 Å². The van der Waals surface area contributed by atoms with Crippen molar-refractivity contribution in [1.29, 1.82) is 0 Å². The molecule has 7 rings (SSSR count). The first kappa shape index (κ1) is 33.2. The quantitative estimate of drug-likeness (QED) is 0.179. The number of carbonyl (C=O) groups excluding carboxylic acids is 2. The van der Waals surface area contributed by atoms with E-state index in [4.69, 9.17) is 20.8 Å². The van der Waals surface area contributed by atoms with Crippen LogP contribution in [0.15, 0.2) is 51.2 Å². The van der Waals surface area contributed by atoms with Crippen LogP contribution in [0.2, 0.25) is 5.02 Å². The Bertz CT molecular complexity index is 2390. The molecule has 258 valence electrons. The van der Waals surface area contributed by atoms with Crippen LogP contribution in [0.3, 0.4) is 0 Å². The molecule has 0 radical (unpaired) electrons. The summed E-state index contributed by atoms with van der Waals surface area (Å²) in [6.45, 7) is 14.9. The number of aromatic amines is 1. The minimum Gasteiger partial charge on any atom is -0.417 e. The van der Waals surface area contributed by atoms with Crippen molar-refractivity contribution in [3.63, 3.8) is 0 Å². The molecular weight excluding hydrogens is 667 g/mol. The van der Waals surface area contributed by atoms with Crippen molar-refractivity contribution in [3.05, 3.63) is 85.9 Å². The van der Waals surface area contributed by atoms with Crippen LogP contribution in [0.5, 0.6) is 5.75 Å². The second-order valence-corrected chi connectivity index (χ2v) is 13.7. The Hall–Kier alpha value is -5.30. The van der Waals surface area contributed by atoms with E-state index >= 15 is 4.39 Å². The van der Waals surface area contributed by atoms with Crippen LogP contribution in [-0.4, -0.2) is 61.5 Å². The van der Waals surface area contributed by atoms with Gasteiger partial charge in [0.05, 0.1) is 45.4 Å². The zero-order chi connectivity index (χ0) is 35.9. The van der Waals surface area contributed by atoms with Crippen molar-refractivity contribution in [2.75, 3.05) is 18.0 Å². The van der Waals surface area contributed by atoms with Crippen molar-refractivity contribution in [2.24, 2.45) is 0 Å². The van der Waals surface area contributed by atoms with Gasteiger partial charge in [0.1, 0.15) is 18.2 Å². The average Bonchev–Trinajstić information content (AvgIpc) is 3.45. The van der Waals surface area contributed by atoms with E-state index in [2.05, 4.69) is 21.5 Å². The topological polar surface area (TPSA) is 144 Å². The number of halogens is 2. The lowest BCUT2D eigenvalue weighted by Crippen LogP contribution is -2.64. The first-order valence-electron chi connectivity index (χ1n) is 16.2. The van der Waals surface area contributed by atoms with Crippen LogP contribution >= 0.6 is 11.6 Å². The Morgan fingerprint density at radius 2 is 1.76 bits per heavy atom. The number of carbonyl (C=O) groups is 2. The van der Waals surface area contributed by atoms with Gasteiger partial charge in [-0.05, 0) is 49.5 Å². The summed E-state index contributed by atoms with van der Waals surface area (Å²) in [6.07, 6.45) is 2.61. The smallest absolute Gasteiger partial charge is 0.417 e. The molecule has 1 N–H and O–H groups in total. The van der Waals surface area contributed by atoms with Gasteiger partial charge in [0.25, 0.3) is 0 Å². The number of hydrogen-bond acceptors (Lipinski definition) is 9. The predicted octanol–water partition coefficient (Wildman–Crippen LogP) is 5.74. The Morgan fingerprint density at radius 3 is 2.40 bits per heavy atom. The molecule has 0 saturated carbocycles. The Kier molecular flexibility index (Phi) is 7.93. The number of H-pyrrole nitrogens is 1. The lowest BCUT2D eigenvalue weighted by molar-refractivity contribution is -0.140. The van der Waals surface area contributed by atoms with E-state index in [1.54, 1.807) is 24.0 Å². The number of oxazole rings is 1. The molecule has 2 unspecified atom stereocenters. The summed E-state index contributed by atoms with van der Waals surface area (Å²) < 4.78 is 29.5. The highest BCUT2D eigenvalue weighted by molar-refractivity contribution is 6.39. The number of anilines is 1. The van der Waals surface area contributed by atoms with Gasteiger partial charge in [0, 0.05) is 29.1 Å². The fourth-order valence-electron chi connectivity index (χ4n) is 7.18. The average molecular weight is 701 g/mol. The third-order valence-corrected chi connectivity index (χ3v) is 9.85. The highest BCUT2D eigenvalue weighted by Gasteiger charge is 2.45. The van der Waals surface area contributed by atoms with Crippen LogP contribution in [0.25, 0.3) is 38.8 Å². The molecule has 2 aliphatic rings. The third kappa shape index (κ3) is 4.85. The number of ether oxygens (including phenoxy) is 1. The summed E-state index contributed by atoms with van der Waals surface area (Å²) in [5.74, 6) is -3.29. The number of piperazine rings is 1. The molecule has 2 atom stereocenters. The third-order valence-electron chi connectivity index (χ3n) is 9.49. The zero-order valence-corrected chi connectivity index (χ0v) is 29.0. The molecule has 1 amide bonds. The summed E-state index contributed by atoms with van der Waals surface area (Å²) in [4.78, 5) is 68.5. The second-order valence-electron chi connectivity index (χ2n) is 13.3. The lowest BCUT2D eigenvalue weighted by Gasteiger charge is -2.47. The zero-order valence-electron chi connectivity index (χ0n) is 28.3. The van der Waals surface area contributed by atoms with Crippen molar-refractivity contribution < 1.29 is 23.1 Å². The van der Waals surface area contributed by atoms with E-state index in [1.165, 1.54) is 27.9 Å². The van der Waals surface area contributed by atoms with Gasteiger partial charge in [0.15, 0.2) is 5.58 Å². The Labute approximate surface area is 290 Å². The molecule has 0 spiro atoms. The molecule has 3 aromatic heterocycles. The number of aryl methyl sites for hydroxylation is 1. The first-order valence-corrected chi connectivity index (χ1v) is 16.6. The Morgan fingerprint density at radius 1 is 1.08 bits per heavy atom. The fraction of sp³-hybridized carbons (Fsp3) is 0.333. The normalized spacial score (nSPS) is 17.4. The highest BCUT2D eigenvalue weighted by Crippen LogP contribution is 2.48. The van der Waals surface area contributed by atoms with E-state index < -0.39 is 35.2 Å².